The number of hydrogen-bond acceptors (Lipinski definition) is 8. The van der Waals surface area contributed by atoms with Crippen LogP contribution in [0.2, 0.25) is 0 Å². The summed E-state index contributed by atoms with van der Waals surface area (Å²) in [7, 11) is 1.61. The van der Waals surface area contributed by atoms with E-state index < -0.39 is 5.91 Å². The average molecular weight is 449 g/mol. The quantitative estimate of drug-likeness (QED) is 0.564. The molecule has 33 heavy (non-hydrogen) atoms. The molecule has 1 aliphatic carbocycles. The zero-order chi connectivity index (χ0) is 22.9. The number of fused-ring (bicyclic) bond motifs is 3. The maximum Gasteiger partial charge on any atom is 0.248 e. The second-order valence-electron chi connectivity index (χ2n) is 8.53. The molecule has 1 fully saturated rings. The van der Waals surface area contributed by atoms with E-state index in [4.69, 9.17) is 15.5 Å². The minimum absolute atomic E-state index is 0.116. The van der Waals surface area contributed by atoms with Gasteiger partial charge in [0.2, 0.25) is 11.9 Å². The summed E-state index contributed by atoms with van der Waals surface area (Å²) in [4.78, 5) is 23.6. The van der Waals surface area contributed by atoms with Gasteiger partial charge in [-0.1, -0.05) is 19.8 Å². The zero-order valence-corrected chi connectivity index (χ0v) is 18.9. The van der Waals surface area contributed by atoms with Gasteiger partial charge in [-0.2, -0.15) is 4.98 Å². The van der Waals surface area contributed by atoms with Crippen molar-refractivity contribution in [2.45, 2.75) is 57.7 Å². The van der Waals surface area contributed by atoms with Crippen molar-refractivity contribution in [1.29, 1.82) is 0 Å². The Kier molecular flexibility index (Phi) is 5.67. The van der Waals surface area contributed by atoms with Crippen LogP contribution in [0.15, 0.2) is 30.7 Å². The summed E-state index contributed by atoms with van der Waals surface area (Å²) in [5.41, 5.74) is 8.33. The van der Waals surface area contributed by atoms with Crippen molar-refractivity contribution in [3.05, 3.63) is 47.7 Å². The molecule has 3 heterocycles. The van der Waals surface area contributed by atoms with Crippen molar-refractivity contribution in [3.8, 4) is 5.69 Å². The van der Waals surface area contributed by atoms with Gasteiger partial charge in [-0.3, -0.25) is 9.36 Å². The van der Waals surface area contributed by atoms with Crippen LogP contribution in [0.4, 0.5) is 17.5 Å². The summed E-state index contributed by atoms with van der Waals surface area (Å²) in [5, 5.41) is 11.9. The van der Waals surface area contributed by atoms with Crippen molar-refractivity contribution >= 4 is 23.4 Å². The topological polar surface area (TPSA) is 124 Å². The second-order valence-corrected chi connectivity index (χ2v) is 8.53. The molecule has 1 saturated carbocycles. The minimum Gasteiger partial charge on any atom is -0.380 e. The van der Waals surface area contributed by atoms with Crippen LogP contribution in [0.25, 0.3) is 5.69 Å². The lowest BCUT2D eigenvalue weighted by Gasteiger charge is -2.40. The molecular formula is C23H28N8O2. The lowest BCUT2D eigenvalue weighted by atomic mass is 10.0. The number of hydrogen-bond donors (Lipinski definition) is 2. The predicted octanol–water partition coefficient (Wildman–Crippen LogP) is 3.26. The molecule has 10 nitrogen and oxygen atoms in total. The summed E-state index contributed by atoms with van der Waals surface area (Å²) >= 11 is 0. The number of carbonyl (C=O) groups is 1. The fourth-order valence-corrected chi connectivity index (χ4v) is 4.97. The highest BCUT2D eigenvalue weighted by Crippen LogP contribution is 2.42. The first-order valence-electron chi connectivity index (χ1n) is 11.3. The van der Waals surface area contributed by atoms with Gasteiger partial charge in [-0.15, -0.1) is 10.2 Å². The number of rotatable bonds is 7. The van der Waals surface area contributed by atoms with E-state index >= 15 is 0 Å². The molecule has 2 aliphatic rings. The smallest absolute Gasteiger partial charge is 0.248 e. The summed E-state index contributed by atoms with van der Waals surface area (Å²) < 4.78 is 7.31. The van der Waals surface area contributed by atoms with E-state index in [2.05, 4.69) is 32.3 Å². The van der Waals surface area contributed by atoms with Gasteiger partial charge in [-0.05, 0) is 37.5 Å². The van der Waals surface area contributed by atoms with Crippen molar-refractivity contribution in [1.82, 2.24) is 24.7 Å². The Hall–Kier alpha value is -3.53. The highest BCUT2D eigenvalue weighted by atomic mass is 16.5. The van der Waals surface area contributed by atoms with Gasteiger partial charge in [0.25, 0.3) is 0 Å². The maximum atomic E-state index is 11.6. The van der Waals surface area contributed by atoms with Gasteiger partial charge < -0.3 is 20.7 Å². The van der Waals surface area contributed by atoms with Crippen LogP contribution < -0.4 is 16.0 Å². The molecule has 3 aromatic rings. The summed E-state index contributed by atoms with van der Waals surface area (Å²) in [6.07, 6.45) is 9.20. The fourth-order valence-electron chi connectivity index (χ4n) is 4.97. The van der Waals surface area contributed by atoms with Crippen molar-refractivity contribution < 1.29 is 9.53 Å². The molecule has 1 aliphatic heterocycles. The molecule has 172 valence electrons. The first kappa shape index (κ1) is 21.3. The Balaban J connectivity index is 1.55. The van der Waals surface area contributed by atoms with Crippen LogP contribution in [0.3, 0.4) is 0 Å². The van der Waals surface area contributed by atoms with Crippen LogP contribution in [0, 0.1) is 0 Å². The monoisotopic (exact) mass is 448 g/mol. The SMILES string of the molecule is CCC1c2nncn2-c2cnc(Nc3ccc(C(N)=O)cc3COC)nc2N1C1CCCC1. The molecule has 2 aromatic heterocycles. The minimum atomic E-state index is -0.480. The van der Waals surface area contributed by atoms with E-state index in [-0.39, 0.29) is 6.04 Å². The van der Waals surface area contributed by atoms with E-state index in [1.807, 2.05) is 10.8 Å². The van der Waals surface area contributed by atoms with E-state index in [1.54, 1.807) is 31.6 Å². The number of methoxy groups -OCH3 is 1. The number of aromatic nitrogens is 5. The van der Waals surface area contributed by atoms with Crippen LogP contribution in [-0.2, 0) is 11.3 Å². The first-order valence-corrected chi connectivity index (χ1v) is 11.3. The predicted molar refractivity (Wildman–Crippen MR) is 124 cm³/mol. The number of carbonyl (C=O) groups excluding carboxylic acids is 1. The fraction of sp³-hybridized carbons (Fsp3) is 0.435. The van der Waals surface area contributed by atoms with E-state index in [1.165, 1.54) is 12.8 Å². The number of nitrogens with zero attached hydrogens (tertiary/aromatic N) is 6. The zero-order valence-electron chi connectivity index (χ0n) is 18.9. The summed E-state index contributed by atoms with van der Waals surface area (Å²) in [6.45, 7) is 2.50. The van der Waals surface area contributed by atoms with Crippen molar-refractivity contribution in [3.63, 3.8) is 0 Å². The Morgan fingerprint density at radius 2 is 2.12 bits per heavy atom. The van der Waals surface area contributed by atoms with Crippen molar-refractivity contribution in [2.24, 2.45) is 5.73 Å². The molecule has 3 N–H and O–H groups in total. The van der Waals surface area contributed by atoms with Crippen LogP contribution >= 0.6 is 0 Å². The third-order valence-electron chi connectivity index (χ3n) is 6.50. The number of ether oxygens (including phenoxy) is 1. The Bertz CT molecular complexity index is 1170. The number of primary amides is 1. The van der Waals surface area contributed by atoms with Gasteiger partial charge >= 0.3 is 0 Å². The number of nitrogens with two attached hydrogens (primary N) is 1. The molecule has 10 heteroatoms. The van der Waals surface area contributed by atoms with Gasteiger partial charge in [-0.25, -0.2) is 4.98 Å². The molecule has 1 amide bonds. The Labute approximate surface area is 192 Å². The molecule has 0 bridgehead atoms. The molecule has 0 saturated heterocycles. The number of amides is 1. The molecule has 0 spiro atoms. The molecule has 0 radical (unpaired) electrons. The number of benzene rings is 1. The maximum absolute atomic E-state index is 11.6. The number of nitrogens with one attached hydrogen (secondary N) is 1. The molecule has 5 rings (SSSR count). The standard InChI is InChI=1S/C23H28N8O2/c1-3-18-22-29-26-13-30(22)19-11-25-23(28-21(19)31(18)16-6-4-5-7-16)27-17-9-8-14(20(24)32)10-15(17)12-33-2/h8-11,13,16,18H,3-7,12H2,1-2H3,(H2,24,32)(H,25,27,28). The molecular weight excluding hydrogens is 420 g/mol. The third-order valence-corrected chi connectivity index (χ3v) is 6.50. The Morgan fingerprint density at radius 3 is 2.85 bits per heavy atom. The highest BCUT2D eigenvalue weighted by molar-refractivity contribution is 5.93. The summed E-state index contributed by atoms with van der Waals surface area (Å²) in [5.74, 6) is 1.82. The highest BCUT2D eigenvalue weighted by Gasteiger charge is 2.38. The molecule has 1 atom stereocenters. The van der Waals surface area contributed by atoms with E-state index in [0.717, 1.165) is 47.8 Å². The van der Waals surface area contributed by atoms with Gasteiger partial charge in [0.1, 0.15) is 12.0 Å². The van der Waals surface area contributed by atoms with Crippen molar-refractivity contribution in [2.75, 3.05) is 17.3 Å². The van der Waals surface area contributed by atoms with Crippen LogP contribution in [0.5, 0.6) is 0 Å². The van der Waals surface area contributed by atoms with Crippen LogP contribution in [-0.4, -0.2) is 43.8 Å². The summed E-state index contributed by atoms with van der Waals surface area (Å²) in [6, 6.07) is 5.75. The molecule has 1 aromatic carbocycles. The number of anilines is 3. The van der Waals surface area contributed by atoms with Gasteiger partial charge in [0.05, 0.1) is 18.8 Å². The van der Waals surface area contributed by atoms with Gasteiger partial charge in [0, 0.05) is 30.0 Å². The third kappa shape index (κ3) is 3.80. The van der Waals surface area contributed by atoms with E-state index in [0.29, 0.717) is 24.2 Å². The largest absolute Gasteiger partial charge is 0.380 e. The average Bonchev–Trinajstić information content (AvgIpc) is 3.51. The first-order chi connectivity index (χ1) is 16.1. The Morgan fingerprint density at radius 1 is 1.30 bits per heavy atom. The van der Waals surface area contributed by atoms with Crippen LogP contribution in [0.1, 0.15) is 66.8 Å². The lowest BCUT2D eigenvalue weighted by Crippen LogP contribution is -2.42. The molecule has 1 unspecified atom stereocenters. The van der Waals surface area contributed by atoms with Gasteiger partial charge in [0.15, 0.2) is 11.6 Å². The van der Waals surface area contributed by atoms with E-state index in [9.17, 15) is 4.79 Å². The normalized spacial score (nSPS) is 17.6. The lowest BCUT2D eigenvalue weighted by molar-refractivity contribution is 0.1000. The second kappa shape index (κ2) is 8.78.